The van der Waals surface area contributed by atoms with E-state index in [9.17, 15) is 9.18 Å². The van der Waals surface area contributed by atoms with E-state index < -0.39 is 0 Å². The van der Waals surface area contributed by atoms with E-state index in [1.807, 2.05) is 49.4 Å². The van der Waals surface area contributed by atoms with Crippen molar-refractivity contribution in [2.45, 2.75) is 13.5 Å². The molecule has 27 heavy (non-hydrogen) atoms. The Kier molecular flexibility index (Phi) is 4.63. The molecule has 0 atom stereocenters. The van der Waals surface area contributed by atoms with E-state index in [0.29, 0.717) is 30.0 Å². The highest BCUT2D eigenvalue weighted by Crippen LogP contribution is 2.30. The van der Waals surface area contributed by atoms with E-state index in [2.05, 4.69) is 0 Å². The highest BCUT2D eigenvalue weighted by Gasteiger charge is 2.24. The molecule has 136 valence electrons. The largest absolute Gasteiger partial charge is 0.491 e. The highest BCUT2D eigenvalue weighted by molar-refractivity contribution is 5.98. The molecular formula is C23H20FNO2. The normalized spacial score (nSPS) is 13.7. The van der Waals surface area contributed by atoms with Gasteiger partial charge in [-0.25, -0.2) is 4.39 Å². The maximum atomic E-state index is 14.0. The predicted octanol–water partition coefficient (Wildman–Crippen LogP) is 4.84. The summed E-state index contributed by atoms with van der Waals surface area (Å²) in [6.07, 6.45) is 0. The van der Waals surface area contributed by atoms with Crippen molar-refractivity contribution in [3.8, 4) is 16.9 Å². The van der Waals surface area contributed by atoms with Gasteiger partial charge in [0.25, 0.3) is 5.91 Å². The minimum absolute atomic E-state index is 0.139. The molecule has 0 radical (unpaired) electrons. The van der Waals surface area contributed by atoms with Gasteiger partial charge < -0.3 is 9.64 Å². The highest BCUT2D eigenvalue weighted by atomic mass is 19.1. The topological polar surface area (TPSA) is 29.5 Å². The maximum Gasteiger partial charge on any atom is 0.258 e. The zero-order valence-electron chi connectivity index (χ0n) is 15.1. The third-order valence-corrected chi connectivity index (χ3v) is 4.82. The second-order valence-electron chi connectivity index (χ2n) is 6.74. The summed E-state index contributed by atoms with van der Waals surface area (Å²) in [7, 11) is 0. The third kappa shape index (κ3) is 3.56. The fraction of sp³-hybridized carbons (Fsp3) is 0.174. The van der Waals surface area contributed by atoms with E-state index in [1.54, 1.807) is 23.1 Å². The summed E-state index contributed by atoms with van der Waals surface area (Å²) in [6, 6.07) is 20.4. The summed E-state index contributed by atoms with van der Waals surface area (Å²) in [6.45, 7) is 3.07. The molecule has 4 heteroatoms. The molecule has 0 N–H and O–H groups in total. The summed E-state index contributed by atoms with van der Waals surface area (Å²) >= 11 is 0. The first kappa shape index (κ1) is 17.3. The van der Waals surface area contributed by atoms with Gasteiger partial charge in [-0.15, -0.1) is 0 Å². The van der Waals surface area contributed by atoms with Crippen molar-refractivity contribution in [1.29, 1.82) is 0 Å². The lowest BCUT2D eigenvalue weighted by Crippen LogP contribution is -2.32. The van der Waals surface area contributed by atoms with Gasteiger partial charge in [-0.05, 0) is 36.2 Å². The average molecular weight is 361 g/mol. The van der Waals surface area contributed by atoms with Crippen molar-refractivity contribution in [3.63, 3.8) is 0 Å². The lowest BCUT2D eigenvalue weighted by molar-refractivity contribution is 0.0741. The van der Waals surface area contributed by atoms with Gasteiger partial charge >= 0.3 is 0 Å². The minimum Gasteiger partial charge on any atom is -0.491 e. The SMILES string of the molecule is Cc1ccc(-c2ccc3c(c2)C(=O)N(Cc2ccccc2F)CCO3)cc1. The number of fused-ring (bicyclic) bond motifs is 1. The summed E-state index contributed by atoms with van der Waals surface area (Å²) in [4.78, 5) is 14.8. The molecule has 1 amide bonds. The lowest BCUT2D eigenvalue weighted by Gasteiger charge is -2.20. The van der Waals surface area contributed by atoms with Crippen molar-refractivity contribution < 1.29 is 13.9 Å². The molecule has 0 aromatic heterocycles. The third-order valence-electron chi connectivity index (χ3n) is 4.82. The number of aryl methyl sites for hydroxylation is 1. The molecule has 3 nitrogen and oxygen atoms in total. The van der Waals surface area contributed by atoms with Crippen molar-refractivity contribution in [2.75, 3.05) is 13.2 Å². The van der Waals surface area contributed by atoms with Crippen LogP contribution in [0, 0.1) is 12.7 Å². The second kappa shape index (κ2) is 7.23. The number of halogens is 1. The van der Waals surface area contributed by atoms with Crippen LogP contribution in [0.1, 0.15) is 21.5 Å². The molecule has 0 unspecified atom stereocenters. The quantitative estimate of drug-likeness (QED) is 0.668. The lowest BCUT2D eigenvalue weighted by atomic mass is 10.0. The van der Waals surface area contributed by atoms with Gasteiger partial charge in [0.1, 0.15) is 18.2 Å². The first-order chi connectivity index (χ1) is 13.1. The Balaban J connectivity index is 1.67. The van der Waals surface area contributed by atoms with Gasteiger partial charge in [0.15, 0.2) is 0 Å². The molecule has 0 bridgehead atoms. The summed E-state index contributed by atoms with van der Waals surface area (Å²) in [5, 5.41) is 0. The molecule has 3 aromatic carbocycles. The van der Waals surface area contributed by atoms with Crippen LogP contribution in [-0.4, -0.2) is 24.0 Å². The predicted molar refractivity (Wildman–Crippen MR) is 103 cm³/mol. The number of ether oxygens (including phenoxy) is 1. The Morgan fingerprint density at radius 1 is 1.00 bits per heavy atom. The van der Waals surface area contributed by atoms with Gasteiger partial charge in [0.2, 0.25) is 0 Å². The van der Waals surface area contributed by atoms with Crippen LogP contribution in [-0.2, 0) is 6.54 Å². The molecule has 0 spiro atoms. The van der Waals surface area contributed by atoms with E-state index >= 15 is 0 Å². The maximum absolute atomic E-state index is 14.0. The molecule has 0 aliphatic carbocycles. The van der Waals surface area contributed by atoms with Gasteiger partial charge in [-0.2, -0.15) is 0 Å². The summed E-state index contributed by atoms with van der Waals surface area (Å²) in [5.41, 5.74) is 4.20. The number of nitrogens with zero attached hydrogens (tertiary/aromatic N) is 1. The van der Waals surface area contributed by atoms with Gasteiger partial charge in [-0.1, -0.05) is 54.1 Å². The molecule has 1 aliphatic rings. The van der Waals surface area contributed by atoms with Crippen molar-refractivity contribution in [1.82, 2.24) is 4.90 Å². The van der Waals surface area contributed by atoms with E-state index in [4.69, 9.17) is 4.74 Å². The number of rotatable bonds is 3. The van der Waals surface area contributed by atoms with E-state index in [0.717, 1.165) is 11.1 Å². The molecule has 0 saturated carbocycles. The molecule has 1 aliphatic heterocycles. The second-order valence-corrected chi connectivity index (χ2v) is 6.74. The Labute approximate surface area is 158 Å². The summed E-state index contributed by atoms with van der Waals surface area (Å²) < 4.78 is 19.8. The number of carbonyl (C=O) groups excluding carboxylic acids is 1. The van der Waals surface area contributed by atoms with Crippen LogP contribution in [0.25, 0.3) is 11.1 Å². The van der Waals surface area contributed by atoms with Crippen LogP contribution >= 0.6 is 0 Å². The Morgan fingerprint density at radius 3 is 2.52 bits per heavy atom. The smallest absolute Gasteiger partial charge is 0.258 e. The molecule has 1 heterocycles. The number of amides is 1. The van der Waals surface area contributed by atoms with Crippen LogP contribution < -0.4 is 4.74 Å². The van der Waals surface area contributed by atoms with Crippen molar-refractivity contribution in [2.24, 2.45) is 0 Å². The fourth-order valence-electron chi connectivity index (χ4n) is 3.27. The minimum atomic E-state index is -0.302. The van der Waals surface area contributed by atoms with Gasteiger partial charge in [0, 0.05) is 12.1 Å². The molecule has 3 aromatic rings. The van der Waals surface area contributed by atoms with Crippen LogP contribution in [0.15, 0.2) is 66.7 Å². The first-order valence-electron chi connectivity index (χ1n) is 8.98. The number of hydrogen-bond acceptors (Lipinski definition) is 2. The van der Waals surface area contributed by atoms with Crippen LogP contribution in [0.4, 0.5) is 4.39 Å². The monoisotopic (exact) mass is 361 g/mol. The van der Waals surface area contributed by atoms with Gasteiger partial charge in [0.05, 0.1) is 12.1 Å². The fourth-order valence-corrected chi connectivity index (χ4v) is 3.27. The molecule has 0 saturated heterocycles. The molecule has 4 rings (SSSR count). The Morgan fingerprint density at radius 2 is 1.74 bits per heavy atom. The first-order valence-corrected chi connectivity index (χ1v) is 8.98. The zero-order chi connectivity index (χ0) is 18.8. The Bertz CT molecular complexity index is 982. The van der Waals surface area contributed by atoms with Gasteiger partial charge in [-0.3, -0.25) is 4.79 Å². The van der Waals surface area contributed by atoms with Crippen LogP contribution in [0.2, 0.25) is 0 Å². The van der Waals surface area contributed by atoms with Crippen molar-refractivity contribution >= 4 is 5.91 Å². The molecule has 0 fully saturated rings. The molecular weight excluding hydrogens is 341 g/mol. The zero-order valence-corrected chi connectivity index (χ0v) is 15.1. The number of benzene rings is 3. The number of hydrogen-bond donors (Lipinski definition) is 0. The summed E-state index contributed by atoms with van der Waals surface area (Å²) in [5.74, 6) is 0.135. The Hall–Kier alpha value is -3.14. The standard InChI is InChI=1S/C23H20FNO2/c1-16-6-8-17(9-7-16)18-10-11-22-20(14-18)23(26)25(12-13-27-22)15-19-4-2-3-5-21(19)24/h2-11,14H,12-13,15H2,1H3. The average Bonchev–Trinajstić information content (AvgIpc) is 2.83. The van der Waals surface area contributed by atoms with Crippen LogP contribution in [0.3, 0.4) is 0 Å². The van der Waals surface area contributed by atoms with Crippen molar-refractivity contribution in [3.05, 3.63) is 89.2 Å². The van der Waals surface area contributed by atoms with Crippen LogP contribution in [0.5, 0.6) is 5.75 Å². The number of carbonyl (C=O) groups is 1. The van der Waals surface area contributed by atoms with E-state index in [-0.39, 0.29) is 18.3 Å². The van der Waals surface area contributed by atoms with E-state index in [1.165, 1.54) is 11.6 Å².